The topological polar surface area (TPSA) is 101 Å². The van der Waals surface area contributed by atoms with Crippen LogP contribution >= 0.6 is 0 Å². The molecule has 21 heavy (non-hydrogen) atoms. The number of benzene rings is 1. The Morgan fingerprint density at radius 1 is 1.48 bits per heavy atom. The quantitative estimate of drug-likeness (QED) is 0.699. The smallest absolute Gasteiger partial charge is 0.241 e. The highest BCUT2D eigenvalue weighted by atomic mass is 32.2. The summed E-state index contributed by atoms with van der Waals surface area (Å²) in [6.45, 7) is 1.20. The summed E-state index contributed by atoms with van der Waals surface area (Å²) in [5, 5.41) is 2.70. The zero-order valence-electron chi connectivity index (χ0n) is 11.6. The number of nitrogens with one attached hydrogen (secondary N) is 2. The monoisotopic (exact) mass is 315 g/mol. The Kier molecular flexibility index (Phi) is 4.60. The highest BCUT2D eigenvalue weighted by Gasteiger charge is 2.29. The number of nitrogens with two attached hydrogens (primary N) is 1. The molecule has 2 rings (SSSR count). The second-order valence-corrected chi connectivity index (χ2v) is 6.73. The van der Waals surface area contributed by atoms with E-state index in [1.54, 1.807) is 0 Å². The lowest BCUT2D eigenvalue weighted by Gasteiger charge is -2.16. The third kappa shape index (κ3) is 3.78. The maximum Gasteiger partial charge on any atom is 0.241 e. The standard InChI is InChI=1S/C13H18FN3O3S/c1-8(13(18)16-9-5-6-9)17-21(19,20)12-4-2-3-11(14)10(12)7-15/h2-4,8-9,17H,5-7,15H2,1H3,(H,16,18). The van der Waals surface area contributed by atoms with Crippen molar-refractivity contribution < 1.29 is 17.6 Å². The summed E-state index contributed by atoms with van der Waals surface area (Å²) in [4.78, 5) is 11.5. The molecule has 1 unspecified atom stereocenters. The third-order valence-electron chi connectivity index (χ3n) is 3.22. The van der Waals surface area contributed by atoms with Crippen LogP contribution in [0.15, 0.2) is 23.1 Å². The molecule has 1 fully saturated rings. The second-order valence-electron chi connectivity index (χ2n) is 5.05. The molecule has 6 nitrogen and oxygen atoms in total. The molecule has 0 aromatic heterocycles. The predicted octanol–water partition coefficient (Wildman–Crippen LogP) is 0.230. The molecule has 0 bridgehead atoms. The van der Waals surface area contributed by atoms with E-state index < -0.39 is 27.8 Å². The molecule has 0 aliphatic heterocycles. The first-order valence-corrected chi connectivity index (χ1v) is 8.13. The van der Waals surface area contributed by atoms with Crippen molar-refractivity contribution >= 4 is 15.9 Å². The molecule has 8 heteroatoms. The van der Waals surface area contributed by atoms with Gasteiger partial charge < -0.3 is 11.1 Å². The van der Waals surface area contributed by atoms with Crippen LogP contribution in [-0.4, -0.2) is 26.4 Å². The lowest BCUT2D eigenvalue weighted by molar-refractivity contribution is -0.122. The van der Waals surface area contributed by atoms with Gasteiger partial charge in [0, 0.05) is 18.2 Å². The average Bonchev–Trinajstić information content (AvgIpc) is 3.21. The van der Waals surface area contributed by atoms with Gasteiger partial charge in [-0.15, -0.1) is 0 Å². The minimum Gasteiger partial charge on any atom is -0.352 e. The van der Waals surface area contributed by atoms with Crippen molar-refractivity contribution in [3.05, 3.63) is 29.6 Å². The van der Waals surface area contributed by atoms with Crippen molar-refractivity contribution in [3.8, 4) is 0 Å². The number of amides is 1. The summed E-state index contributed by atoms with van der Waals surface area (Å²) in [7, 11) is -4.02. The van der Waals surface area contributed by atoms with E-state index in [0.717, 1.165) is 18.9 Å². The number of hydrogen-bond donors (Lipinski definition) is 3. The summed E-state index contributed by atoms with van der Waals surface area (Å²) in [6, 6.07) is 2.89. The largest absolute Gasteiger partial charge is 0.352 e. The Morgan fingerprint density at radius 2 is 2.14 bits per heavy atom. The summed E-state index contributed by atoms with van der Waals surface area (Å²) in [5.74, 6) is -1.08. The van der Waals surface area contributed by atoms with Crippen LogP contribution in [-0.2, 0) is 21.4 Å². The van der Waals surface area contributed by atoms with Crippen LogP contribution < -0.4 is 15.8 Å². The fraction of sp³-hybridized carbons (Fsp3) is 0.462. The molecular formula is C13H18FN3O3S. The normalized spacial score (nSPS) is 16.5. The SMILES string of the molecule is CC(NS(=O)(=O)c1cccc(F)c1CN)C(=O)NC1CC1. The van der Waals surface area contributed by atoms with E-state index in [9.17, 15) is 17.6 Å². The molecule has 1 atom stereocenters. The lowest BCUT2D eigenvalue weighted by atomic mass is 10.2. The lowest BCUT2D eigenvalue weighted by Crippen LogP contribution is -2.45. The van der Waals surface area contributed by atoms with Crippen LogP contribution in [0, 0.1) is 5.82 Å². The number of halogens is 1. The van der Waals surface area contributed by atoms with Gasteiger partial charge in [-0.05, 0) is 31.9 Å². The number of hydrogen-bond acceptors (Lipinski definition) is 4. The van der Waals surface area contributed by atoms with Gasteiger partial charge in [0.05, 0.1) is 10.9 Å². The van der Waals surface area contributed by atoms with Crippen molar-refractivity contribution in [2.75, 3.05) is 0 Å². The second kappa shape index (κ2) is 6.08. The minimum atomic E-state index is -4.02. The van der Waals surface area contributed by atoms with Crippen molar-refractivity contribution in [2.24, 2.45) is 5.73 Å². The minimum absolute atomic E-state index is 0.0974. The van der Waals surface area contributed by atoms with Crippen LogP contribution in [0.4, 0.5) is 4.39 Å². The molecular weight excluding hydrogens is 297 g/mol. The van der Waals surface area contributed by atoms with Gasteiger partial charge in [0.1, 0.15) is 5.82 Å². The first kappa shape index (κ1) is 15.9. The van der Waals surface area contributed by atoms with E-state index >= 15 is 0 Å². The third-order valence-corrected chi connectivity index (χ3v) is 4.84. The maximum atomic E-state index is 13.6. The first-order valence-electron chi connectivity index (χ1n) is 6.65. The van der Waals surface area contributed by atoms with Gasteiger partial charge in [0.2, 0.25) is 15.9 Å². The maximum absolute atomic E-state index is 13.6. The Morgan fingerprint density at radius 3 is 2.71 bits per heavy atom. The van der Waals surface area contributed by atoms with E-state index in [1.165, 1.54) is 19.1 Å². The van der Waals surface area contributed by atoms with Crippen molar-refractivity contribution in [1.29, 1.82) is 0 Å². The first-order chi connectivity index (χ1) is 9.85. The van der Waals surface area contributed by atoms with Crippen molar-refractivity contribution in [3.63, 3.8) is 0 Å². The van der Waals surface area contributed by atoms with Gasteiger partial charge >= 0.3 is 0 Å². The summed E-state index contributed by atoms with van der Waals surface area (Å²) in [6.07, 6.45) is 1.82. The zero-order chi connectivity index (χ0) is 15.6. The Hall–Kier alpha value is -1.51. The zero-order valence-corrected chi connectivity index (χ0v) is 12.4. The Balaban J connectivity index is 2.17. The predicted molar refractivity (Wildman–Crippen MR) is 75.2 cm³/mol. The van der Waals surface area contributed by atoms with Crippen LogP contribution in [0.1, 0.15) is 25.3 Å². The van der Waals surface area contributed by atoms with Crippen LogP contribution in [0.2, 0.25) is 0 Å². The summed E-state index contributed by atoms with van der Waals surface area (Å²) >= 11 is 0. The molecule has 0 saturated heterocycles. The molecule has 0 spiro atoms. The van der Waals surface area contributed by atoms with Gasteiger partial charge in [-0.25, -0.2) is 12.8 Å². The Labute approximate surface area is 123 Å². The van der Waals surface area contributed by atoms with Gasteiger partial charge in [0.25, 0.3) is 0 Å². The van der Waals surface area contributed by atoms with Gasteiger partial charge in [-0.1, -0.05) is 6.07 Å². The molecule has 1 aliphatic carbocycles. The summed E-state index contributed by atoms with van der Waals surface area (Å²) in [5.41, 5.74) is 5.30. The summed E-state index contributed by atoms with van der Waals surface area (Å²) < 4.78 is 40.4. The van der Waals surface area contributed by atoms with Gasteiger partial charge in [-0.2, -0.15) is 4.72 Å². The number of carbonyl (C=O) groups is 1. The van der Waals surface area contributed by atoms with Crippen LogP contribution in [0.5, 0.6) is 0 Å². The van der Waals surface area contributed by atoms with Crippen molar-refractivity contribution in [2.45, 2.75) is 43.3 Å². The van der Waals surface area contributed by atoms with E-state index in [-0.39, 0.29) is 23.0 Å². The van der Waals surface area contributed by atoms with Crippen LogP contribution in [0.25, 0.3) is 0 Å². The Bertz CT molecular complexity index is 644. The van der Waals surface area contributed by atoms with E-state index in [4.69, 9.17) is 5.73 Å². The van der Waals surface area contributed by atoms with E-state index in [0.29, 0.717) is 0 Å². The molecule has 0 heterocycles. The van der Waals surface area contributed by atoms with E-state index in [2.05, 4.69) is 10.0 Å². The molecule has 1 aromatic carbocycles. The van der Waals surface area contributed by atoms with Crippen LogP contribution in [0.3, 0.4) is 0 Å². The fourth-order valence-electron chi connectivity index (χ4n) is 1.89. The number of rotatable bonds is 6. The molecule has 1 amide bonds. The molecule has 1 saturated carbocycles. The molecule has 4 N–H and O–H groups in total. The van der Waals surface area contributed by atoms with Gasteiger partial charge in [-0.3, -0.25) is 4.79 Å². The highest BCUT2D eigenvalue weighted by molar-refractivity contribution is 7.89. The molecule has 1 aromatic rings. The highest BCUT2D eigenvalue weighted by Crippen LogP contribution is 2.20. The van der Waals surface area contributed by atoms with Crippen molar-refractivity contribution in [1.82, 2.24) is 10.0 Å². The number of sulfonamides is 1. The van der Waals surface area contributed by atoms with E-state index in [1.807, 2.05) is 0 Å². The number of carbonyl (C=O) groups excluding carboxylic acids is 1. The molecule has 116 valence electrons. The average molecular weight is 315 g/mol. The molecule has 1 aliphatic rings. The fourth-order valence-corrected chi connectivity index (χ4v) is 3.35. The van der Waals surface area contributed by atoms with Gasteiger partial charge in [0.15, 0.2) is 0 Å². The molecule has 0 radical (unpaired) electrons.